The van der Waals surface area contributed by atoms with Gasteiger partial charge in [-0.25, -0.2) is 0 Å². The van der Waals surface area contributed by atoms with Crippen LogP contribution in [0.25, 0.3) is 34.1 Å². The number of rotatable bonds is 2. The summed E-state index contributed by atoms with van der Waals surface area (Å²) in [5.41, 5.74) is 3.17. The maximum Gasteiger partial charge on any atom is 0.0798 e. The fourth-order valence-electron chi connectivity index (χ4n) is 2.48. The number of aromatic nitrogens is 1. The molecule has 0 atom stereocenters. The molecule has 0 aliphatic rings. The fourth-order valence-corrected chi connectivity index (χ4v) is 2.48. The lowest BCUT2D eigenvalue weighted by Gasteiger charge is -2.02. The molecule has 0 amide bonds. The maximum absolute atomic E-state index is 9.00. The summed E-state index contributed by atoms with van der Waals surface area (Å²) in [5.74, 6) is 0. The molecule has 3 rings (SSSR count). The minimum absolute atomic E-state index is 0.978. The molecule has 2 nitrogen and oxygen atoms in total. The lowest BCUT2D eigenvalue weighted by Crippen LogP contribution is -1.87. The number of hydrogen-bond acceptors (Lipinski definition) is 1. The minimum atomic E-state index is 0.978. The molecule has 0 spiro atoms. The van der Waals surface area contributed by atoms with Crippen LogP contribution in [0.15, 0.2) is 55.3 Å². The van der Waals surface area contributed by atoms with Gasteiger partial charge in [0, 0.05) is 22.5 Å². The highest BCUT2D eigenvalue weighted by Gasteiger charge is 2.10. The summed E-state index contributed by atoms with van der Waals surface area (Å²) in [6, 6.07) is 14.3. The summed E-state index contributed by atoms with van der Waals surface area (Å²) in [7, 11) is 0. The Balaban J connectivity index is 2.60. The average molecular weight is 235 g/mol. The first-order valence-electron chi connectivity index (χ1n) is 5.82. The maximum atomic E-state index is 9.00. The summed E-state index contributed by atoms with van der Waals surface area (Å²) < 4.78 is 2.06. The SMILES string of the molecule is C=Cn1c2ccccc2c2cccc(C=CO)c21. The van der Waals surface area contributed by atoms with Crippen molar-refractivity contribution in [1.29, 1.82) is 0 Å². The highest BCUT2D eigenvalue weighted by atomic mass is 16.2. The van der Waals surface area contributed by atoms with Gasteiger partial charge in [-0.15, -0.1) is 0 Å². The van der Waals surface area contributed by atoms with Crippen molar-refractivity contribution in [2.24, 2.45) is 0 Å². The van der Waals surface area contributed by atoms with Crippen LogP contribution in [0.4, 0.5) is 0 Å². The van der Waals surface area contributed by atoms with E-state index >= 15 is 0 Å². The number of para-hydroxylation sites is 2. The van der Waals surface area contributed by atoms with Crippen LogP contribution in [0.1, 0.15) is 5.56 Å². The van der Waals surface area contributed by atoms with E-state index in [0.717, 1.165) is 22.9 Å². The molecule has 0 radical (unpaired) electrons. The first-order valence-corrected chi connectivity index (χ1v) is 5.82. The van der Waals surface area contributed by atoms with Gasteiger partial charge < -0.3 is 9.67 Å². The summed E-state index contributed by atoms with van der Waals surface area (Å²) in [4.78, 5) is 0. The highest BCUT2D eigenvalue weighted by Crippen LogP contribution is 2.31. The molecule has 0 fully saturated rings. The van der Waals surface area contributed by atoms with Crippen LogP contribution in [0.3, 0.4) is 0 Å². The standard InChI is InChI=1S/C16H13NO/c1-2-17-15-9-4-3-7-13(15)14-8-5-6-12(10-11-18)16(14)17/h2-11,18H,1H2. The van der Waals surface area contributed by atoms with Crippen molar-refractivity contribution < 1.29 is 5.11 Å². The quantitative estimate of drug-likeness (QED) is 0.653. The van der Waals surface area contributed by atoms with Gasteiger partial charge in [0.1, 0.15) is 0 Å². The van der Waals surface area contributed by atoms with E-state index in [1.807, 2.05) is 24.3 Å². The molecule has 0 aliphatic heterocycles. The molecule has 88 valence electrons. The van der Waals surface area contributed by atoms with Crippen LogP contribution in [0.5, 0.6) is 0 Å². The van der Waals surface area contributed by atoms with Crippen molar-refractivity contribution in [3.8, 4) is 0 Å². The second kappa shape index (κ2) is 4.08. The van der Waals surface area contributed by atoms with Crippen molar-refractivity contribution >= 4 is 34.1 Å². The van der Waals surface area contributed by atoms with Gasteiger partial charge in [0.25, 0.3) is 0 Å². The van der Waals surface area contributed by atoms with Gasteiger partial charge in [0.2, 0.25) is 0 Å². The number of benzene rings is 2. The van der Waals surface area contributed by atoms with E-state index in [2.05, 4.69) is 29.3 Å². The van der Waals surface area contributed by atoms with Gasteiger partial charge in [-0.3, -0.25) is 0 Å². The van der Waals surface area contributed by atoms with Crippen LogP contribution in [0.2, 0.25) is 0 Å². The van der Waals surface area contributed by atoms with Crippen LogP contribution in [-0.2, 0) is 0 Å². The molecule has 3 aromatic rings. The molecule has 0 saturated heterocycles. The molecule has 2 aromatic carbocycles. The van der Waals surface area contributed by atoms with Crippen molar-refractivity contribution in [3.05, 3.63) is 60.9 Å². The van der Waals surface area contributed by atoms with Gasteiger partial charge in [-0.2, -0.15) is 0 Å². The van der Waals surface area contributed by atoms with Gasteiger partial charge in [-0.1, -0.05) is 43.0 Å². The molecule has 1 N–H and O–H groups in total. The molecule has 0 aliphatic carbocycles. The van der Waals surface area contributed by atoms with Crippen molar-refractivity contribution in [2.75, 3.05) is 0 Å². The summed E-state index contributed by atoms with van der Waals surface area (Å²) >= 11 is 0. The Morgan fingerprint density at radius 1 is 1.00 bits per heavy atom. The Morgan fingerprint density at radius 3 is 2.56 bits per heavy atom. The second-order valence-electron chi connectivity index (χ2n) is 4.13. The van der Waals surface area contributed by atoms with E-state index in [1.165, 1.54) is 10.8 Å². The van der Waals surface area contributed by atoms with E-state index in [-0.39, 0.29) is 0 Å². The van der Waals surface area contributed by atoms with E-state index in [0.29, 0.717) is 0 Å². The largest absolute Gasteiger partial charge is 0.516 e. The molecular weight excluding hydrogens is 222 g/mol. The highest BCUT2D eigenvalue weighted by molar-refractivity contribution is 6.11. The van der Waals surface area contributed by atoms with Crippen molar-refractivity contribution in [1.82, 2.24) is 4.57 Å². The Kier molecular flexibility index (Phi) is 2.41. The van der Waals surface area contributed by atoms with E-state index in [9.17, 15) is 0 Å². The molecule has 0 bridgehead atoms. The fraction of sp³-hybridized carbons (Fsp3) is 0. The van der Waals surface area contributed by atoms with Crippen LogP contribution in [0, 0.1) is 0 Å². The molecule has 0 unspecified atom stereocenters. The van der Waals surface area contributed by atoms with Gasteiger partial charge in [-0.05, 0) is 12.1 Å². The van der Waals surface area contributed by atoms with Gasteiger partial charge in [0.05, 0.1) is 17.3 Å². The first kappa shape index (κ1) is 10.7. The Labute approximate surface area is 105 Å². The molecular formula is C16H13NO. The van der Waals surface area contributed by atoms with E-state index < -0.39 is 0 Å². The third-order valence-corrected chi connectivity index (χ3v) is 3.20. The molecule has 0 saturated carbocycles. The smallest absolute Gasteiger partial charge is 0.0798 e. The molecule has 2 heteroatoms. The summed E-state index contributed by atoms with van der Waals surface area (Å²) in [5, 5.41) is 11.4. The third-order valence-electron chi connectivity index (χ3n) is 3.20. The predicted molar refractivity (Wildman–Crippen MR) is 77.5 cm³/mol. The topological polar surface area (TPSA) is 25.2 Å². The third kappa shape index (κ3) is 1.36. The predicted octanol–water partition coefficient (Wildman–Crippen LogP) is 4.42. The first-order chi connectivity index (χ1) is 8.86. The number of fused-ring (bicyclic) bond motifs is 3. The Hall–Kier alpha value is -2.48. The van der Waals surface area contributed by atoms with Gasteiger partial charge in [0.15, 0.2) is 0 Å². The van der Waals surface area contributed by atoms with Crippen LogP contribution >= 0.6 is 0 Å². The average Bonchev–Trinajstić information content (AvgIpc) is 2.74. The molecule has 1 aromatic heterocycles. The zero-order valence-electron chi connectivity index (χ0n) is 9.88. The molecule has 1 heterocycles. The number of hydrogen-bond donors (Lipinski definition) is 1. The minimum Gasteiger partial charge on any atom is -0.516 e. The lowest BCUT2D eigenvalue weighted by atomic mass is 10.1. The van der Waals surface area contributed by atoms with Gasteiger partial charge >= 0.3 is 0 Å². The lowest BCUT2D eigenvalue weighted by molar-refractivity contribution is 0.478. The Bertz CT molecular complexity index is 765. The van der Waals surface area contributed by atoms with Crippen molar-refractivity contribution in [2.45, 2.75) is 0 Å². The zero-order chi connectivity index (χ0) is 12.5. The van der Waals surface area contributed by atoms with Crippen LogP contribution in [-0.4, -0.2) is 9.67 Å². The van der Waals surface area contributed by atoms with E-state index in [4.69, 9.17) is 5.11 Å². The second-order valence-corrected chi connectivity index (χ2v) is 4.13. The van der Waals surface area contributed by atoms with Crippen LogP contribution < -0.4 is 0 Å². The zero-order valence-corrected chi connectivity index (χ0v) is 9.88. The van der Waals surface area contributed by atoms with Crippen molar-refractivity contribution in [3.63, 3.8) is 0 Å². The number of nitrogens with zero attached hydrogens (tertiary/aromatic N) is 1. The monoisotopic (exact) mass is 235 g/mol. The Morgan fingerprint density at radius 2 is 1.78 bits per heavy atom. The summed E-state index contributed by atoms with van der Waals surface area (Å²) in [6.07, 6.45) is 4.57. The summed E-state index contributed by atoms with van der Waals surface area (Å²) in [6.45, 7) is 3.88. The normalized spacial score (nSPS) is 11.6. The molecule has 18 heavy (non-hydrogen) atoms. The number of aliphatic hydroxyl groups is 1. The number of aliphatic hydroxyl groups excluding tert-OH is 1. The van der Waals surface area contributed by atoms with E-state index in [1.54, 1.807) is 12.3 Å².